The summed E-state index contributed by atoms with van der Waals surface area (Å²) in [6.45, 7) is 3.33. The zero-order chi connectivity index (χ0) is 17.2. The summed E-state index contributed by atoms with van der Waals surface area (Å²) in [6.07, 6.45) is 6.76. The first kappa shape index (κ1) is 16.9. The Hall–Kier alpha value is -1.95. The minimum atomic E-state index is -1.03. The van der Waals surface area contributed by atoms with Crippen molar-refractivity contribution in [3.63, 3.8) is 0 Å². The first-order valence-electron chi connectivity index (χ1n) is 8.65. The largest absolute Gasteiger partial charge is 0.478 e. The Balaban J connectivity index is 1.77. The molecule has 2 heterocycles. The van der Waals surface area contributed by atoms with Gasteiger partial charge in [0.2, 0.25) is 0 Å². The van der Waals surface area contributed by atoms with Crippen molar-refractivity contribution < 1.29 is 19.4 Å². The molecule has 1 aromatic rings. The number of pyridine rings is 1. The van der Waals surface area contributed by atoms with Crippen LogP contribution in [-0.4, -0.2) is 52.2 Å². The third-order valence-electron chi connectivity index (χ3n) is 5.09. The third-order valence-corrected chi connectivity index (χ3v) is 5.09. The molecule has 6 heteroatoms. The molecule has 1 aromatic heterocycles. The number of morpholine rings is 1. The Bertz CT molecular complexity index is 636. The Morgan fingerprint density at radius 3 is 2.54 bits per heavy atom. The topological polar surface area (TPSA) is 79.7 Å². The van der Waals surface area contributed by atoms with Gasteiger partial charge in [-0.05, 0) is 31.9 Å². The second kappa shape index (κ2) is 6.89. The fourth-order valence-corrected chi connectivity index (χ4v) is 3.76. The van der Waals surface area contributed by atoms with Crippen molar-refractivity contribution in [2.75, 3.05) is 19.7 Å². The number of hydrogen-bond acceptors (Lipinski definition) is 4. The molecule has 0 aromatic carbocycles. The van der Waals surface area contributed by atoms with E-state index < -0.39 is 5.97 Å². The summed E-state index contributed by atoms with van der Waals surface area (Å²) in [5.41, 5.74) is 0.600. The molecule has 6 nitrogen and oxygen atoms in total. The number of aryl methyl sites for hydroxylation is 1. The maximum Gasteiger partial charge on any atom is 0.337 e. The van der Waals surface area contributed by atoms with E-state index in [1.165, 1.54) is 25.0 Å². The maximum atomic E-state index is 12.8. The quantitative estimate of drug-likeness (QED) is 0.900. The van der Waals surface area contributed by atoms with Crippen LogP contribution in [0.3, 0.4) is 0 Å². The van der Waals surface area contributed by atoms with Crippen LogP contribution in [0.1, 0.15) is 65.1 Å². The van der Waals surface area contributed by atoms with Crippen molar-refractivity contribution >= 4 is 11.9 Å². The van der Waals surface area contributed by atoms with Gasteiger partial charge in [0.1, 0.15) is 5.69 Å². The molecule has 1 saturated carbocycles. The van der Waals surface area contributed by atoms with E-state index in [0.29, 0.717) is 31.1 Å². The van der Waals surface area contributed by atoms with Crippen molar-refractivity contribution in [2.45, 2.75) is 51.0 Å². The second-order valence-corrected chi connectivity index (χ2v) is 6.81. The van der Waals surface area contributed by atoms with E-state index in [-0.39, 0.29) is 17.1 Å². The van der Waals surface area contributed by atoms with Gasteiger partial charge in [0.05, 0.1) is 30.0 Å². The minimum Gasteiger partial charge on any atom is -0.478 e. The molecule has 0 radical (unpaired) electrons. The van der Waals surface area contributed by atoms with E-state index in [1.54, 1.807) is 6.92 Å². The highest BCUT2D eigenvalue weighted by molar-refractivity contribution is 5.94. The second-order valence-electron chi connectivity index (χ2n) is 6.81. The van der Waals surface area contributed by atoms with Crippen LogP contribution in [0.15, 0.2) is 12.1 Å². The van der Waals surface area contributed by atoms with Gasteiger partial charge in [-0.3, -0.25) is 4.79 Å². The SMILES string of the molecule is Cc1nc(C(=O)N2CCOC3(CCCCCC3)C2)ccc1C(=O)O. The molecule has 1 N–H and O–H groups in total. The van der Waals surface area contributed by atoms with Crippen molar-refractivity contribution in [3.8, 4) is 0 Å². The monoisotopic (exact) mass is 332 g/mol. The van der Waals surface area contributed by atoms with E-state index in [1.807, 2.05) is 4.90 Å². The Morgan fingerprint density at radius 2 is 1.92 bits per heavy atom. The lowest BCUT2D eigenvalue weighted by Gasteiger charge is -2.42. The molecule has 130 valence electrons. The van der Waals surface area contributed by atoms with Crippen LogP contribution in [0.25, 0.3) is 0 Å². The normalized spacial score (nSPS) is 20.6. The van der Waals surface area contributed by atoms with Gasteiger partial charge in [-0.15, -0.1) is 0 Å². The molecule has 1 aliphatic heterocycles. The first-order chi connectivity index (χ1) is 11.5. The van der Waals surface area contributed by atoms with Crippen molar-refractivity contribution in [3.05, 3.63) is 29.1 Å². The number of aromatic nitrogens is 1. The Kier molecular flexibility index (Phi) is 4.85. The van der Waals surface area contributed by atoms with Crippen LogP contribution >= 0.6 is 0 Å². The van der Waals surface area contributed by atoms with Gasteiger partial charge in [-0.2, -0.15) is 0 Å². The molecule has 0 unspecified atom stereocenters. The number of carbonyl (C=O) groups excluding carboxylic acids is 1. The smallest absolute Gasteiger partial charge is 0.337 e. The Morgan fingerprint density at radius 1 is 1.21 bits per heavy atom. The molecule has 1 amide bonds. The molecule has 1 spiro atoms. The van der Waals surface area contributed by atoms with Crippen molar-refractivity contribution in [1.82, 2.24) is 9.88 Å². The molecule has 24 heavy (non-hydrogen) atoms. The maximum absolute atomic E-state index is 12.8. The summed E-state index contributed by atoms with van der Waals surface area (Å²) in [6, 6.07) is 2.97. The van der Waals surface area contributed by atoms with Crippen LogP contribution in [0.2, 0.25) is 0 Å². The van der Waals surface area contributed by atoms with Gasteiger partial charge in [-0.25, -0.2) is 9.78 Å². The predicted octanol–water partition coefficient (Wildman–Crippen LogP) is 2.65. The molecule has 2 aliphatic rings. The van der Waals surface area contributed by atoms with Crippen LogP contribution in [0, 0.1) is 6.92 Å². The zero-order valence-corrected chi connectivity index (χ0v) is 14.1. The third kappa shape index (κ3) is 3.43. The lowest BCUT2D eigenvalue weighted by Crippen LogP contribution is -2.53. The average molecular weight is 332 g/mol. The van der Waals surface area contributed by atoms with Gasteiger partial charge in [0.25, 0.3) is 5.91 Å². The van der Waals surface area contributed by atoms with Crippen LogP contribution in [0.4, 0.5) is 0 Å². The highest BCUT2D eigenvalue weighted by Gasteiger charge is 2.38. The van der Waals surface area contributed by atoms with E-state index >= 15 is 0 Å². The van der Waals surface area contributed by atoms with E-state index in [4.69, 9.17) is 9.84 Å². The molecule has 0 bridgehead atoms. The van der Waals surface area contributed by atoms with Gasteiger partial charge in [-0.1, -0.05) is 25.7 Å². The number of nitrogens with zero attached hydrogens (tertiary/aromatic N) is 2. The van der Waals surface area contributed by atoms with Crippen molar-refractivity contribution in [2.24, 2.45) is 0 Å². The zero-order valence-electron chi connectivity index (χ0n) is 14.1. The standard InChI is InChI=1S/C18H24N2O4/c1-13-14(17(22)23)6-7-15(19-13)16(21)20-10-11-24-18(12-20)8-4-2-3-5-9-18/h6-7H,2-5,8-12H2,1H3,(H,22,23). The molecule has 1 aliphatic carbocycles. The Labute approximate surface area is 141 Å². The predicted molar refractivity (Wildman–Crippen MR) is 88.2 cm³/mol. The van der Waals surface area contributed by atoms with Crippen LogP contribution < -0.4 is 0 Å². The van der Waals surface area contributed by atoms with Gasteiger partial charge in [0, 0.05) is 6.54 Å². The number of carbonyl (C=O) groups is 2. The van der Waals surface area contributed by atoms with Gasteiger partial charge in [0.15, 0.2) is 0 Å². The number of amides is 1. The van der Waals surface area contributed by atoms with Crippen LogP contribution in [0.5, 0.6) is 0 Å². The average Bonchev–Trinajstić information content (AvgIpc) is 2.79. The summed E-state index contributed by atoms with van der Waals surface area (Å²) in [5, 5.41) is 9.08. The van der Waals surface area contributed by atoms with Crippen molar-refractivity contribution in [1.29, 1.82) is 0 Å². The number of rotatable bonds is 2. The number of aromatic carboxylic acids is 1. The molecular formula is C18H24N2O4. The lowest BCUT2D eigenvalue weighted by molar-refractivity contribution is -0.107. The van der Waals surface area contributed by atoms with Crippen LogP contribution in [-0.2, 0) is 4.74 Å². The number of ether oxygens (including phenoxy) is 1. The summed E-state index contributed by atoms with van der Waals surface area (Å²) in [7, 11) is 0. The summed E-state index contributed by atoms with van der Waals surface area (Å²) < 4.78 is 6.08. The van der Waals surface area contributed by atoms with E-state index in [9.17, 15) is 9.59 Å². The minimum absolute atomic E-state index is 0.133. The molecule has 0 atom stereocenters. The van der Waals surface area contributed by atoms with Gasteiger partial charge >= 0.3 is 5.97 Å². The summed E-state index contributed by atoms with van der Waals surface area (Å²) in [5.74, 6) is -1.16. The summed E-state index contributed by atoms with van der Waals surface area (Å²) in [4.78, 5) is 29.9. The highest BCUT2D eigenvalue weighted by Crippen LogP contribution is 2.33. The first-order valence-corrected chi connectivity index (χ1v) is 8.65. The van der Waals surface area contributed by atoms with E-state index in [2.05, 4.69) is 4.98 Å². The molecule has 1 saturated heterocycles. The lowest BCUT2D eigenvalue weighted by atomic mass is 9.92. The van der Waals surface area contributed by atoms with Gasteiger partial charge < -0.3 is 14.7 Å². The fraction of sp³-hybridized carbons (Fsp3) is 0.611. The number of carboxylic acid groups (broad SMARTS) is 1. The number of hydrogen-bond donors (Lipinski definition) is 1. The summed E-state index contributed by atoms with van der Waals surface area (Å²) >= 11 is 0. The molecular weight excluding hydrogens is 308 g/mol. The number of carboxylic acids is 1. The highest BCUT2D eigenvalue weighted by atomic mass is 16.5. The fourth-order valence-electron chi connectivity index (χ4n) is 3.76. The molecule has 3 rings (SSSR count). The molecule has 2 fully saturated rings. The van der Waals surface area contributed by atoms with E-state index in [0.717, 1.165) is 25.7 Å².